The van der Waals surface area contributed by atoms with Gasteiger partial charge in [0.1, 0.15) is 6.23 Å². The first-order valence-corrected chi connectivity index (χ1v) is 7.09. The highest BCUT2D eigenvalue weighted by Gasteiger charge is 2.62. The van der Waals surface area contributed by atoms with Crippen LogP contribution < -0.4 is 10.6 Å². The number of nitrogens with zero attached hydrogens (tertiary/aromatic N) is 1. The zero-order chi connectivity index (χ0) is 14.4. The Morgan fingerprint density at radius 3 is 2.37 bits per heavy atom. The Balaban J connectivity index is 1.69. The molecular formula is C14H27N3O2. The van der Waals surface area contributed by atoms with Gasteiger partial charge in [-0.1, -0.05) is 13.8 Å². The van der Waals surface area contributed by atoms with Gasteiger partial charge in [-0.15, -0.1) is 0 Å². The van der Waals surface area contributed by atoms with Gasteiger partial charge < -0.3 is 15.7 Å². The van der Waals surface area contributed by atoms with E-state index in [2.05, 4.69) is 29.4 Å². The third-order valence-corrected chi connectivity index (χ3v) is 4.51. The van der Waals surface area contributed by atoms with Crippen LogP contribution in [-0.4, -0.2) is 47.4 Å². The lowest BCUT2D eigenvalue weighted by Gasteiger charge is -2.28. The molecule has 1 aliphatic heterocycles. The fourth-order valence-corrected chi connectivity index (χ4v) is 3.10. The van der Waals surface area contributed by atoms with E-state index < -0.39 is 6.23 Å². The lowest BCUT2D eigenvalue weighted by molar-refractivity contribution is 0.00853. The summed E-state index contributed by atoms with van der Waals surface area (Å²) in [6.45, 7) is 12.5. The van der Waals surface area contributed by atoms with Crippen molar-refractivity contribution >= 4 is 6.03 Å². The standard InChI is InChI=1S/C14H27N3O2/c1-13(2,3)16-12(19)15-6-11(18)17-7-9-10(8-17)14(9,4)5/h9-11,18H,6-8H2,1-5H3,(H2,15,16,19). The number of piperidine rings is 1. The topological polar surface area (TPSA) is 64.6 Å². The fraction of sp³-hybridized carbons (Fsp3) is 0.929. The van der Waals surface area contributed by atoms with Crippen LogP contribution in [0.25, 0.3) is 0 Å². The second-order valence-electron chi connectivity index (χ2n) is 7.55. The van der Waals surface area contributed by atoms with Crippen molar-refractivity contribution in [2.24, 2.45) is 17.3 Å². The van der Waals surface area contributed by atoms with E-state index in [0.29, 0.717) is 17.3 Å². The molecule has 2 fully saturated rings. The van der Waals surface area contributed by atoms with E-state index in [1.807, 2.05) is 20.8 Å². The highest BCUT2D eigenvalue weighted by Crippen LogP contribution is 2.62. The number of urea groups is 1. The normalized spacial score (nSPS) is 30.6. The average Bonchev–Trinajstić information content (AvgIpc) is 2.66. The van der Waals surface area contributed by atoms with Crippen molar-refractivity contribution in [3.63, 3.8) is 0 Å². The van der Waals surface area contributed by atoms with Crippen molar-refractivity contribution in [3.05, 3.63) is 0 Å². The van der Waals surface area contributed by atoms with E-state index in [1.54, 1.807) is 0 Å². The molecule has 3 N–H and O–H groups in total. The van der Waals surface area contributed by atoms with Crippen LogP contribution in [0.5, 0.6) is 0 Å². The molecule has 2 rings (SSSR count). The van der Waals surface area contributed by atoms with Gasteiger partial charge >= 0.3 is 6.03 Å². The number of amides is 2. The Bertz CT molecular complexity index is 348. The second kappa shape index (κ2) is 4.63. The molecule has 110 valence electrons. The fourth-order valence-electron chi connectivity index (χ4n) is 3.10. The van der Waals surface area contributed by atoms with E-state index in [-0.39, 0.29) is 18.1 Å². The van der Waals surface area contributed by atoms with Crippen LogP contribution in [0, 0.1) is 17.3 Å². The number of aliphatic hydroxyl groups is 1. The molecule has 0 bridgehead atoms. The van der Waals surface area contributed by atoms with Gasteiger partial charge in [0.05, 0.1) is 6.54 Å². The molecule has 0 radical (unpaired) electrons. The SMILES string of the molecule is CC(C)(C)NC(=O)NCC(O)N1CC2C(C1)C2(C)C. The molecule has 1 heterocycles. The van der Waals surface area contributed by atoms with Crippen LogP contribution in [0.1, 0.15) is 34.6 Å². The zero-order valence-corrected chi connectivity index (χ0v) is 12.7. The third-order valence-electron chi connectivity index (χ3n) is 4.51. The maximum Gasteiger partial charge on any atom is 0.315 e. The summed E-state index contributed by atoms with van der Waals surface area (Å²) in [6.07, 6.45) is -0.575. The Labute approximate surface area is 115 Å². The molecule has 3 atom stereocenters. The van der Waals surface area contributed by atoms with E-state index in [9.17, 15) is 9.90 Å². The largest absolute Gasteiger partial charge is 0.377 e. The van der Waals surface area contributed by atoms with Crippen molar-refractivity contribution in [2.75, 3.05) is 19.6 Å². The van der Waals surface area contributed by atoms with Crippen LogP contribution in [-0.2, 0) is 0 Å². The van der Waals surface area contributed by atoms with Gasteiger partial charge in [-0.05, 0) is 38.0 Å². The minimum atomic E-state index is -0.575. The Kier molecular flexibility index (Phi) is 3.56. The highest BCUT2D eigenvalue weighted by atomic mass is 16.3. The van der Waals surface area contributed by atoms with Crippen molar-refractivity contribution in [3.8, 4) is 0 Å². The molecule has 2 aliphatic rings. The summed E-state index contributed by atoms with van der Waals surface area (Å²) in [4.78, 5) is 13.7. The molecule has 19 heavy (non-hydrogen) atoms. The first kappa shape index (κ1) is 14.6. The summed E-state index contributed by atoms with van der Waals surface area (Å²) in [7, 11) is 0. The minimum Gasteiger partial charge on any atom is -0.377 e. The van der Waals surface area contributed by atoms with E-state index in [4.69, 9.17) is 0 Å². The van der Waals surface area contributed by atoms with E-state index >= 15 is 0 Å². The minimum absolute atomic E-state index is 0.226. The van der Waals surface area contributed by atoms with Crippen LogP contribution in [0.4, 0.5) is 4.79 Å². The second-order valence-corrected chi connectivity index (χ2v) is 7.55. The number of carbonyl (C=O) groups is 1. The molecule has 1 saturated heterocycles. The molecule has 0 spiro atoms. The summed E-state index contributed by atoms with van der Waals surface area (Å²) in [5.74, 6) is 1.43. The maximum absolute atomic E-state index is 11.6. The molecule has 0 aromatic carbocycles. The number of carbonyl (C=O) groups excluding carboxylic acids is 1. The number of likely N-dealkylation sites (tertiary alicyclic amines) is 1. The van der Waals surface area contributed by atoms with E-state index in [1.165, 1.54) is 0 Å². The summed E-state index contributed by atoms with van der Waals surface area (Å²) in [6, 6.07) is -0.226. The van der Waals surface area contributed by atoms with Crippen molar-refractivity contribution in [2.45, 2.75) is 46.4 Å². The lowest BCUT2D eigenvalue weighted by atomic mass is 10.1. The van der Waals surface area contributed by atoms with Crippen molar-refractivity contribution in [1.29, 1.82) is 0 Å². The smallest absolute Gasteiger partial charge is 0.315 e. The number of rotatable bonds is 3. The number of fused-ring (bicyclic) bond motifs is 1. The highest BCUT2D eigenvalue weighted by molar-refractivity contribution is 5.74. The van der Waals surface area contributed by atoms with Gasteiger partial charge in [-0.2, -0.15) is 0 Å². The number of aliphatic hydroxyl groups excluding tert-OH is 1. The average molecular weight is 269 g/mol. The molecule has 5 heteroatoms. The number of nitrogens with one attached hydrogen (secondary N) is 2. The predicted molar refractivity (Wildman–Crippen MR) is 74.6 cm³/mol. The third kappa shape index (κ3) is 3.20. The van der Waals surface area contributed by atoms with Gasteiger partial charge in [-0.3, -0.25) is 4.90 Å². The Morgan fingerprint density at radius 2 is 1.89 bits per heavy atom. The Morgan fingerprint density at radius 1 is 1.37 bits per heavy atom. The first-order chi connectivity index (χ1) is 8.61. The maximum atomic E-state index is 11.6. The van der Waals surface area contributed by atoms with Gasteiger partial charge in [0, 0.05) is 18.6 Å². The Hall–Kier alpha value is -0.810. The zero-order valence-electron chi connectivity index (χ0n) is 12.7. The quantitative estimate of drug-likeness (QED) is 0.716. The van der Waals surface area contributed by atoms with Crippen LogP contribution in [0.15, 0.2) is 0 Å². The monoisotopic (exact) mass is 269 g/mol. The molecule has 5 nitrogen and oxygen atoms in total. The van der Waals surface area contributed by atoms with Crippen molar-refractivity contribution < 1.29 is 9.90 Å². The molecule has 0 aromatic rings. The summed E-state index contributed by atoms with van der Waals surface area (Å²) in [5, 5.41) is 15.6. The molecule has 3 unspecified atom stereocenters. The van der Waals surface area contributed by atoms with Crippen LogP contribution >= 0.6 is 0 Å². The van der Waals surface area contributed by atoms with Crippen molar-refractivity contribution in [1.82, 2.24) is 15.5 Å². The van der Waals surface area contributed by atoms with Gasteiger partial charge in [0.25, 0.3) is 0 Å². The van der Waals surface area contributed by atoms with Gasteiger partial charge in [0.15, 0.2) is 0 Å². The first-order valence-electron chi connectivity index (χ1n) is 7.09. The van der Waals surface area contributed by atoms with Gasteiger partial charge in [0.2, 0.25) is 0 Å². The molecular weight excluding hydrogens is 242 g/mol. The summed E-state index contributed by atoms with van der Waals surface area (Å²) < 4.78 is 0. The predicted octanol–water partition coefficient (Wildman–Crippen LogP) is 0.990. The lowest BCUT2D eigenvalue weighted by Crippen LogP contribution is -2.50. The van der Waals surface area contributed by atoms with Crippen LogP contribution in [0.2, 0.25) is 0 Å². The summed E-state index contributed by atoms with van der Waals surface area (Å²) in [5.41, 5.74) is 0.196. The molecule has 1 saturated carbocycles. The number of hydrogen-bond donors (Lipinski definition) is 3. The summed E-state index contributed by atoms with van der Waals surface area (Å²) >= 11 is 0. The molecule has 1 aliphatic carbocycles. The number of hydrogen-bond acceptors (Lipinski definition) is 3. The molecule has 2 amide bonds. The van der Waals surface area contributed by atoms with E-state index in [0.717, 1.165) is 13.1 Å². The van der Waals surface area contributed by atoms with Gasteiger partial charge in [-0.25, -0.2) is 4.79 Å². The van der Waals surface area contributed by atoms with Crippen LogP contribution in [0.3, 0.4) is 0 Å². The molecule has 0 aromatic heterocycles.